The monoisotopic (exact) mass is 349 g/mol. The van der Waals surface area contributed by atoms with E-state index in [4.69, 9.17) is 9.47 Å². The Morgan fingerprint density at radius 3 is 2.42 bits per heavy atom. The predicted molar refractivity (Wildman–Crippen MR) is 75.3 cm³/mol. The molecule has 2 rings (SSSR count). The van der Waals surface area contributed by atoms with Crippen molar-refractivity contribution in [2.24, 2.45) is 0 Å². The van der Waals surface area contributed by atoms with Gasteiger partial charge in [-0.3, -0.25) is 0 Å². The Balaban J connectivity index is 2.11. The van der Waals surface area contributed by atoms with Crippen molar-refractivity contribution < 1.29 is 17.9 Å². The van der Waals surface area contributed by atoms with Crippen LogP contribution in [-0.4, -0.2) is 51.0 Å². The number of benzene rings is 1. The van der Waals surface area contributed by atoms with E-state index < -0.39 is 10.0 Å². The van der Waals surface area contributed by atoms with Crippen molar-refractivity contribution in [3.05, 3.63) is 24.3 Å². The number of hydrogen-bond donors (Lipinski definition) is 0. The molecule has 0 saturated carbocycles. The van der Waals surface area contributed by atoms with Crippen molar-refractivity contribution in [2.45, 2.75) is 4.90 Å². The molecule has 0 bridgehead atoms. The minimum atomic E-state index is -3.41. The van der Waals surface area contributed by atoms with Gasteiger partial charge in [0.15, 0.2) is 0 Å². The van der Waals surface area contributed by atoms with Crippen molar-refractivity contribution in [3.63, 3.8) is 0 Å². The number of rotatable bonds is 5. The lowest BCUT2D eigenvalue weighted by Crippen LogP contribution is -2.40. The second-order valence-electron chi connectivity index (χ2n) is 4.03. The molecule has 0 spiro atoms. The van der Waals surface area contributed by atoms with E-state index in [9.17, 15) is 8.42 Å². The highest BCUT2D eigenvalue weighted by molar-refractivity contribution is 9.09. The van der Waals surface area contributed by atoms with E-state index >= 15 is 0 Å². The molecule has 1 aromatic carbocycles. The van der Waals surface area contributed by atoms with E-state index in [2.05, 4.69) is 15.9 Å². The van der Waals surface area contributed by atoms with Crippen LogP contribution in [0.15, 0.2) is 29.2 Å². The smallest absolute Gasteiger partial charge is 0.243 e. The van der Waals surface area contributed by atoms with Crippen LogP contribution in [0, 0.1) is 0 Å². The average Bonchev–Trinajstić information content (AvgIpc) is 2.46. The van der Waals surface area contributed by atoms with Gasteiger partial charge in [0.1, 0.15) is 5.75 Å². The van der Waals surface area contributed by atoms with Crippen LogP contribution in [0.1, 0.15) is 0 Å². The van der Waals surface area contributed by atoms with Gasteiger partial charge >= 0.3 is 0 Å². The number of nitrogens with zero attached hydrogens (tertiary/aromatic N) is 1. The molecule has 0 aliphatic carbocycles. The fourth-order valence-electron chi connectivity index (χ4n) is 1.80. The molecule has 106 valence electrons. The van der Waals surface area contributed by atoms with Gasteiger partial charge in [0, 0.05) is 18.4 Å². The quantitative estimate of drug-likeness (QED) is 0.755. The van der Waals surface area contributed by atoms with E-state index in [1.165, 1.54) is 4.31 Å². The van der Waals surface area contributed by atoms with E-state index in [1.54, 1.807) is 24.3 Å². The summed E-state index contributed by atoms with van der Waals surface area (Å²) in [4.78, 5) is 0.292. The second-order valence-corrected chi connectivity index (χ2v) is 6.76. The number of hydrogen-bond acceptors (Lipinski definition) is 4. The first-order valence-electron chi connectivity index (χ1n) is 6.01. The van der Waals surface area contributed by atoms with Crippen LogP contribution < -0.4 is 4.74 Å². The third-order valence-electron chi connectivity index (χ3n) is 2.78. The summed E-state index contributed by atoms with van der Waals surface area (Å²) in [7, 11) is -3.41. The number of morpholine rings is 1. The minimum Gasteiger partial charge on any atom is -0.493 e. The summed E-state index contributed by atoms with van der Waals surface area (Å²) in [6.07, 6.45) is 0. The number of ether oxygens (including phenoxy) is 2. The van der Waals surface area contributed by atoms with E-state index in [0.29, 0.717) is 43.6 Å². The Bertz CT molecular complexity index is 497. The van der Waals surface area contributed by atoms with E-state index in [1.807, 2.05) is 0 Å². The zero-order chi connectivity index (χ0) is 13.7. The summed E-state index contributed by atoms with van der Waals surface area (Å²) in [6, 6.07) is 6.51. The summed E-state index contributed by atoms with van der Waals surface area (Å²) >= 11 is 3.27. The predicted octanol–water partition coefficient (Wildman–Crippen LogP) is 1.48. The third-order valence-corrected chi connectivity index (χ3v) is 5.01. The van der Waals surface area contributed by atoms with Crippen molar-refractivity contribution in [3.8, 4) is 5.75 Å². The standard InChI is InChI=1S/C12H16BrNO4S/c13-5-8-18-11-1-3-12(4-2-11)19(15,16)14-6-9-17-10-7-14/h1-4H,5-10H2. The largest absolute Gasteiger partial charge is 0.493 e. The average molecular weight is 350 g/mol. The molecular formula is C12H16BrNO4S. The lowest BCUT2D eigenvalue weighted by molar-refractivity contribution is 0.0730. The molecule has 0 unspecified atom stereocenters. The Labute approximate surface area is 121 Å². The van der Waals surface area contributed by atoms with Crippen molar-refractivity contribution >= 4 is 26.0 Å². The summed E-state index contributed by atoms with van der Waals surface area (Å²) in [5, 5.41) is 0.737. The molecule has 0 N–H and O–H groups in total. The highest BCUT2D eigenvalue weighted by Gasteiger charge is 2.26. The SMILES string of the molecule is O=S(=O)(c1ccc(OCCBr)cc1)N1CCOCC1. The van der Waals surface area contributed by atoms with Gasteiger partial charge in [0.05, 0.1) is 24.7 Å². The first kappa shape index (κ1) is 14.8. The molecule has 1 saturated heterocycles. The highest BCUT2D eigenvalue weighted by atomic mass is 79.9. The fourth-order valence-corrected chi connectivity index (χ4v) is 3.37. The molecule has 1 fully saturated rings. The lowest BCUT2D eigenvalue weighted by Gasteiger charge is -2.26. The fraction of sp³-hybridized carbons (Fsp3) is 0.500. The van der Waals surface area contributed by atoms with Gasteiger partial charge in [0.25, 0.3) is 0 Å². The Hall–Kier alpha value is -0.630. The Morgan fingerprint density at radius 2 is 1.84 bits per heavy atom. The molecule has 0 atom stereocenters. The molecule has 7 heteroatoms. The first-order chi connectivity index (χ1) is 9.14. The molecule has 1 aliphatic rings. The van der Waals surface area contributed by atoms with E-state index in [0.717, 1.165) is 5.33 Å². The summed E-state index contributed by atoms with van der Waals surface area (Å²) in [5.41, 5.74) is 0. The zero-order valence-corrected chi connectivity index (χ0v) is 12.8. The molecule has 1 heterocycles. The van der Waals surface area contributed by atoms with Crippen LogP contribution in [0.5, 0.6) is 5.75 Å². The normalized spacial score (nSPS) is 17.3. The summed E-state index contributed by atoms with van der Waals surface area (Å²) in [5.74, 6) is 0.667. The van der Waals surface area contributed by atoms with Gasteiger partial charge in [-0.2, -0.15) is 4.31 Å². The summed E-state index contributed by atoms with van der Waals surface area (Å²) < 4.78 is 36.7. The van der Waals surface area contributed by atoms with E-state index in [-0.39, 0.29) is 0 Å². The molecule has 1 aromatic rings. The van der Waals surface area contributed by atoms with Crippen LogP contribution in [-0.2, 0) is 14.8 Å². The molecule has 19 heavy (non-hydrogen) atoms. The van der Waals surface area contributed by atoms with Crippen LogP contribution in [0.3, 0.4) is 0 Å². The maximum absolute atomic E-state index is 12.3. The Morgan fingerprint density at radius 1 is 1.21 bits per heavy atom. The third kappa shape index (κ3) is 3.68. The number of alkyl halides is 1. The van der Waals surface area contributed by atoms with Crippen molar-refractivity contribution in [1.82, 2.24) is 4.31 Å². The topological polar surface area (TPSA) is 55.8 Å². The second kappa shape index (κ2) is 6.69. The molecule has 0 radical (unpaired) electrons. The molecule has 1 aliphatic heterocycles. The van der Waals surface area contributed by atoms with Crippen LogP contribution >= 0.6 is 15.9 Å². The van der Waals surface area contributed by atoms with Crippen LogP contribution in [0.25, 0.3) is 0 Å². The molecule has 5 nitrogen and oxygen atoms in total. The van der Waals surface area contributed by atoms with Gasteiger partial charge in [-0.15, -0.1) is 0 Å². The minimum absolute atomic E-state index is 0.292. The van der Waals surface area contributed by atoms with Gasteiger partial charge in [-0.25, -0.2) is 8.42 Å². The number of sulfonamides is 1. The van der Waals surface area contributed by atoms with Crippen molar-refractivity contribution in [1.29, 1.82) is 0 Å². The highest BCUT2D eigenvalue weighted by Crippen LogP contribution is 2.20. The van der Waals surface area contributed by atoms with Crippen molar-refractivity contribution in [2.75, 3.05) is 38.2 Å². The van der Waals surface area contributed by atoms with Gasteiger partial charge < -0.3 is 9.47 Å². The van der Waals surface area contributed by atoms with Crippen LogP contribution in [0.4, 0.5) is 0 Å². The zero-order valence-electron chi connectivity index (χ0n) is 10.4. The molecule has 0 aromatic heterocycles. The molecular weight excluding hydrogens is 334 g/mol. The molecule has 0 amide bonds. The van der Waals surface area contributed by atoms with Gasteiger partial charge in [-0.05, 0) is 24.3 Å². The first-order valence-corrected chi connectivity index (χ1v) is 8.57. The maximum atomic E-state index is 12.3. The maximum Gasteiger partial charge on any atom is 0.243 e. The summed E-state index contributed by atoms with van der Waals surface area (Å²) in [6.45, 7) is 2.27. The van der Waals surface area contributed by atoms with Gasteiger partial charge in [0.2, 0.25) is 10.0 Å². The van der Waals surface area contributed by atoms with Crippen LogP contribution in [0.2, 0.25) is 0 Å². The Kier molecular flexibility index (Phi) is 5.20. The number of halogens is 1. The van der Waals surface area contributed by atoms with Gasteiger partial charge in [-0.1, -0.05) is 15.9 Å². The lowest BCUT2D eigenvalue weighted by atomic mass is 10.3.